The largest absolute Gasteiger partial charge is 0.451 e. The molecule has 2 aromatic carbocycles. The van der Waals surface area contributed by atoms with Gasteiger partial charge >= 0.3 is 0 Å². The molecule has 2 aromatic heterocycles. The summed E-state index contributed by atoms with van der Waals surface area (Å²) in [6, 6.07) is 6.00. The predicted molar refractivity (Wildman–Crippen MR) is 143 cm³/mol. The van der Waals surface area contributed by atoms with Gasteiger partial charge in [-0.05, 0) is 50.4 Å². The Balaban J connectivity index is 1.48. The lowest BCUT2D eigenvalue weighted by Gasteiger charge is -2.36. The number of nitrogens with zero attached hydrogens (tertiary/aromatic N) is 4. The van der Waals surface area contributed by atoms with Crippen molar-refractivity contribution in [3.63, 3.8) is 0 Å². The van der Waals surface area contributed by atoms with Gasteiger partial charge in [-0.1, -0.05) is 0 Å². The number of piperidine rings is 1. The summed E-state index contributed by atoms with van der Waals surface area (Å²) < 4.78 is 47.7. The minimum atomic E-state index is -1.16. The van der Waals surface area contributed by atoms with Crippen LogP contribution < -0.4 is 20.7 Å². The highest BCUT2D eigenvalue weighted by molar-refractivity contribution is 7.13. The summed E-state index contributed by atoms with van der Waals surface area (Å²) in [4.78, 5) is 19.7. The van der Waals surface area contributed by atoms with Crippen LogP contribution in [-0.4, -0.2) is 40.7 Å². The zero-order chi connectivity index (χ0) is 27.5. The molecule has 0 spiro atoms. The maximum absolute atomic E-state index is 14.3. The first-order chi connectivity index (χ1) is 18.8. The number of ether oxygens (including phenoxy) is 1. The van der Waals surface area contributed by atoms with Gasteiger partial charge in [0.2, 0.25) is 0 Å². The van der Waals surface area contributed by atoms with Crippen LogP contribution in [0, 0.1) is 30.3 Å². The van der Waals surface area contributed by atoms with E-state index < -0.39 is 29.1 Å². The van der Waals surface area contributed by atoms with E-state index in [9.17, 15) is 18.0 Å². The third-order valence-corrected chi connectivity index (χ3v) is 7.43. The molecule has 12 heteroatoms. The molecule has 3 heterocycles. The summed E-state index contributed by atoms with van der Waals surface area (Å²) in [5, 5.41) is 12.8. The van der Waals surface area contributed by atoms with E-state index in [1.54, 1.807) is 36.8 Å². The van der Waals surface area contributed by atoms with Crippen LogP contribution in [0.25, 0.3) is 10.6 Å². The van der Waals surface area contributed by atoms with Crippen LogP contribution in [0.5, 0.6) is 11.5 Å². The van der Waals surface area contributed by atoms with E-state index in [1.165, 1.54) is 17.4 Å². The quantitative estimate of drug-likeness (QED) is 0.309. The van der Waals surface area contributed by atoms with E-state index in [-0.39, 0.29) is 17.4 Å². The van der Waals surface area contributed by atoms with Crippen LogP contribution >= 0.6 is 11.3 Å². The second-order valence-corrected chi connectivity index (χ2v) is 10.1. The molecule has 1 aliphatic heterocycles. The summed E-state index contributed by atoms with van der Waals surface area (Å²) in [6.45, 7) is 3.58. The van der Waals surface area contributed by atoms with Crippen LogP contribution in [0.3, 0.4) is 0 Å². The highest BCUT2D eigenvalue weighted by Crippen LogP contribution is 2.41. The van der Waals surface area contributed by atoms with Crippen molar-refractivity contribution in [3.8, 4) is 22.1 Å². The summed E-state index contributed by atoms with van der Waals surface area (Å²) in [5.74, 6) is -4.07. The average molecular weight is 555 g/mol. The van der Waals surface area contributed by atoms with Crippen LogP contribution in [0.2, 0.25) is 0 Å². The van der Waals surface area contributed by atoms with Crippen molar-refractivity contribution in [1.82, 2.24) is 15.2 Å². The molecule has 0 saturated carbocycles. The molecule has 0 unspecified atom stereocenters. The Morgan fingerprint density at radius 3 is 2.72 bits per heavy atom. The predicted octanol–water partition coefficient (Wildman–Crippen LogP) is 5.55. The summed E-state index contributed by atoms with van der Waals surface area (Å²) in [5.41, 5.74) is 8.61. The molecule has 3 N–H and O–H groups in total. The first-order valence-electron chi connectivity index (χ1n) is 12.3. The van der Waals surface area contributed by atoms with Gasteiger partial charge in [-0.15, -0.1) is 11.3 Å². The lowest BCUT2D eigenvalue weighted by Crippen LogP contribution is -2.39. The second-order valence-electron chi connectivity index (χ2n) is 9.20. The maximum atomic E-state index is 14.3. The number of amides is 1. The van der Waals surface area contributed by atoms with Crippen molar-refractivity contribution in [2.45, 2.75) is 19.8 Å². The fourth-order valence-corrected chi connectivity index (χ4v) is 5.40. The molecule has 1 aliphatic rings. The van der Waals surface area contributed by atoms with E-state index in [4.69, 9.17) is 10.5 Å². The van der Waals surface area contributed by atoms with Gasteiger partial charge in [0, 0.05) is 41.7 Å². The molecule has 39 heavy (non-hydrogen) atoms. The first-order valence-corrected chi connectivity index (χ1v) is 13.2. The van der Waals surface area contributed by atoms with E-state index in [0.717, 1.165) is 18.4 Å². The van der Waals surface area contributed by atoms with Crippen molar-refractivity contribution in [1.29, 1.82) is 0 Å². The molecule has 0 bridgehead atoms. The average Bonchev–Trinajstić information content (AvgIpc) is 3.43. The number of benzene rings is 2. The van der Waals surface area contributed by atoms with Crippen molar-refractivity contribution in [3.05, 3.63) is 76.8 Å². The highest BCUT2D eigenvalue weighted by Gasteiger charge is 2.26. The number of hydrogen-bond donors (Lipinski definition) is 2. The Labute approximate surface area is 226 Å². The Morgan fingerprint density at radius 1 is 1.21 bits per heavy atom. The van der Waals surface area contributed by atoms with Crippen LogP contribution in [-0.2, 0) is 0 Å². The molecule has 202 valence electrons. The van der Waals surface area contributed by atoms with Crippen molar-refractivity contribution >= 4 is 28.6 Å². The number of carbonyl (C=O) groups excluding carboxylic acids is 1. The number of nitrogens with one attached hydrogen (secondary N) is 1. The molecular weight excluding hydrogens is 529 g/mol. The van der Waals surface area contributed by atoms with Crippen molar-refractivity contribution in [2.24, 2.45) is 11.7 Å². The highest BCUT2D eigenvalue weighted by atomic mass is 32.1. The molecule has 1 fully saturated rings. The summed E-state index contributed by atoms with van der Waals surface area (Å²) in [7, 11) is 0. The minimum Gasteiger partial charge on any atom is -0.451 e. The fraction of sp³-hybridized carbons (Fsp3) is 0.259. The van der Waals surface area contributed by atoms with E-state index in [2.05, 4.69) is 25.4 Å². The van der Waals surface area contributed by atoms with Gasteiger partial charge in [-0.3, -0.25) is 4.79 Å². The molecule has 0 radical (unpaired) electrons. The zero-order valence-corrected chi connectivity index (χ0v) is 21.8. The Hall–Kier alpha value is -4.03. The molecule has 1 saturated heterocycles. The number of anilines is 2. The number of nitrogens with two attached hydrogens (primary N) is 1. The van der Waals surface area contributed by atoms with Crippen molar-refractivity contribution < 1.29 is 22.7 Å². The van der Waals surface area contributed by atoms with Gasteiger partial charge in [-0.25, -0.2) is 18.2 Å². The number of rotatable bonds is 7. The fourth-order valence-electron chi connectivity index (χ4n) is 4.61. The molecular formula is C27H25F3N6O2S. The third kappa shape index (κ3) is 5.71. The molecule has 4 aromatic rings. The molecule has 1 amide bonds. The number of halogens is 3. The first kappa shape index (κ1) is 26.6. The van der Waals surface area contributed by atoms with Gasteiger partial charge in [0.15, 0.2) is 17.4 Å². The SMILES string of the molecule is Cc1c(Oc2c(F)cc(F)cc2F)ccc(NC(=O)c2csc(-c3ccnnc3)n2)c1N1CCC[C@@H](CN)C1. The molecule has 1 atom stereocenters. The smallest absolute Gasteiger partial charge is 0.275 e. The van der Waals surface area contributed by atoms with Gasteiger partial charge in [0.25, 0.3) is 5.91 Å². The standard InChI is InChI=1S/C27H25F3N6O2S/c1-15-23(38-25-19(29)9-18(28)10-20(25)30)5-4-21(24(15)36-8-2-3-16(11-31)13-36)34-26(37)22-14-39-27(35-22)17-6-7-32-33-12-17/h4-7,9-10,12,14,16H,2-3,8,11,13,31H2,1H3,(H,34,37)/t16-/m0/s1. The van der Waals surface area contributed by atoms with Crippen molar-refractivity contribution in [2.75, 3.05) is 29.9 Å². The third-order valence-electron chi connectivity index (χ3n) is 6.54. The summed E-state index contributed by atoms with van der Waals surface area (Å²) >= 11 is 1.31. The lowest BCUT2D eigenvalue weighted by atomic mass is 9.96. The Kier molecular flexibility index (Phi) is 7.75. The number of thiazole rings is 1. The Morgan fingerprint density at radius 2 is 2.00 bits per heavy atom. The van der Waals surface area contributed by atoms with Gasteiger partial charge in [0.1, 0.15) is 22.3 Å². The minimum absolute atomic E-state index is 0.170. The molecule has 8 nitrogen and oxygen atoms in total. The number of hydrogen-bond acceptors (Lipinski definition) is 8. The Bertz CT molecular complexity index is 1480. The van der Waals surface area contributed by atoms with Gasteiger partial charge in [0.05, 0.1) is 23.8 Å². The number of carbonyl (C=O) groups is 1. The zero-order valence-electron chi connectivity index (χ0n) is 21.0. The van der Waals surface area contributed by atoms with Crippen LogP contribution in [0.15, 0.2) is 48.1 Å². The maximum Gasteiger partial charge on any atom is 0.275 e. The topological polar surface area (TPSA) is 106 Å². The molecule has 5 rings (SSSR count). The monoisotopic (exact) mass is 554 g/mol. The van der Waals surface area contributed by atoms with Crippen LogP contribution in [0.1, 0.15) is 28.9 Å². The van der Waals surface area contributed by atoms with Gasteiger partial charge in [-0.2, -0.15) is 10.2 Å². The summed E-state index contributed by atoms with van der Waals surface area (Å²) in [6.07, 6.45) is 4.97. The van der Waals surface area contributed by atoms with E-state index >= 15 is 0 Å². The lowest BCUT2D eigenvalue weighted by molar-refractivity contribution is 0.102. The van der Waals surface area contributed by atoms with Gasteiger partial charge < -0.3 is 20.7 Å². The second kappa shape index (κ2) is 11.4. The number of aromatic nitrogens is 3. The van der Waals surface area contributed by atoms with E-state index in [1.807, 2.05) is 0 Å². The molecule has 0 aliphatic carbocycles. The van der Waals surface area contributed by atoms with E-state index in [0.29, 0.717) is 53.7 Å². The van der Waals surface area contributed by atoms with Crippen LogP contribution in [0.4, 0.5) is 24.5 Å². The normalized spacial score (nSPS) is 15.3.